The van der Waals surface area contributed by atoms with E-state index in [-0.39, 0.29) is 5.28 Å². The number of rotatable bonds is 3. The first-order valence-corrected chi connectivity index (χ1v) is 5.59. The highest BCUT2D eigenvalue weighted by atomic mass is 35.5. The number of hydrogen-bond donors (Lipinski definition) is 2. The van der Waals surface area contributed by atoms with Crippen molar-refractivity contribution in [1.82, 2.24) is 14.9 Å². The second kappa shape index (κ2) is 4.56. The maximum atomic E-state index is 11.0. The predicted molar refractivity (Wildman–Crippen MR) is 61.5 cm³/mol. The third kappa shape index (κ3) is 2.71. The molecule has 0 bridgehead atoms. The van der Waals surface area contributed by atoms with E-state index >= 15 is 0 Å². The zero-order valence-corrected chi connectivity index (χ0v) is 9.89. The topological polar surface area (TPSA) is 92.3 Å². The van der Waals surface area contributed by atoms with Crippen LogP contribution in [0.15, 0.2) is 12.3 Å². The molecule has 92 valence electrons. The molecule has 2 rings (SSSR count). The summed E-state index contributed by atoms with van der Waals surface area (Å²) in [6.45, 7) is 1.50. The fourth-order valence-corrected chi connectivity index (χ4v) is 2.08. The number of halogens is 1. The molecule has 1 saturated heterocycles. The van der Waals surface area contributed by atoms with Gasteiger partial charge in [-0.05, 0) is 24.1 Å². The van der Waals surface area contributed by atoms with Gasteiger partial charge < -0.3 is 10.8 Å². The molecule has 17 heavy (non-hydrogen) atoms. The second-order valence-electron chi connectivity index (χ2n) is 4.24. The molecule has 3 N–H and O–H groups in total. The van der Waals surface area contributed by atoms with Crippen molar-refractivity contribution >= 4 is 17.6 Å². The molecule has 0 amide bonds. The van der Waals surface area contributed by atoms with Crippen LogP contribution in [0.1, 0.15) is 12.1 Å². The van der Waals surface area contributed by atoms with Gasteiger partial charge in [0.15, 0.2) is 0 Å². The van der Waals surface area contributed by atoms with Gasteiger partial charge in [-0.1, -0.05) is 0 Å². The first-order valence-electron chi connectivity index (χ1n) is 5.22. The van der Waals surface area contributed by atoms with Crippen LogP contribution in [0.4, 0.5) is 0 Å². The quantitative estimate of drug-likeness (QED) is 0.746. The van der Waals surface area contributed by atoms with Gasteiger partial charge in [0, 0.05) is 25.8 Å². The summed E-state index contributed by atoms with van der Waals surface area (Å²) in [5.41, 5.74) is 5.40. The van der Waals surface area contributed by atoms with E-state index in [0.717, 1.165) is 5.69 Å². The third-order valence-electron chi connectivity index (χ3n) is 2.88. The smallest absolute Gasteiger partial charge is 0.325 e. The Hall–Kier alpha value is -1.24. The lowest BCUT2D eigenvalue weighted by atomic mass is 10.0. The van der Waals surface area contributed by atoms with Crippen LogP contribution >= 0.6 is 11.6 Å². The lowest BCUT2D eigenvalue weighted by Gasteiger charge is -2.19. The minimum atomic E-state index is -1.14. The molecular formula is C10H13ClN4O2. The van der Waals surface area contributed by atoms with Crippen LogP contribution in [-0.2, 0) is 11.3 Å². The molecule has 1 fully saturated rings. The van der Waals surface area contributed by atoms with Crippen molar-refractivity contribution in [2.24, 2.45) is 5.73 Å². The number of likely N-dealkylation sites (tertiary alicyclic amines) is 1. The van der Waals surface area contributed by atoms with Gasteiger partial charge in [-0.15, -0.1) is 0 Å². The van der Waals surface area contributed by atoms with E-state index in [4.69, 9.17) is 22.4 Å². The van der Waals surface area contributed by atoms with Gasteiger partial charge >= 0.3 is 5.97 Å². The molecule has 0 saturated carbocycles. The van der Waals surface area contributed by atoms with Crippen molar-refractivity contribution in [3.05, 3.63) is 23.2 Å². The van der Waals surface area contributed by atoms with Crippen molar-refractivity contribution in [3.8, 4) is 0 Å². The highest BCUT2D eigenvalue weighted by Crippen LogP contribution is 2.20. The Bertz CT molecular complexity index is 442. The Balaban J connectivity index is 2.01. The maximum absolute atomic E-state index is 11.0. The zero-order chi connectivity index (χ0) is 12.5. The number of carboxylic acid groups (broad SMARTS) is 1. The largest absolute Gasteiger partial charge is 0.480 e. The van der Waals surface area contributed by atoms with Gasteiger partial charge in [0.2, 0.25) is 5.28 Å². The van der Waals surface area contributed by atoms with Crippen molar-refractivity contribution in [2.45, 2.75) is 18.5 Å². The minimum absolute atomic E-state index is 0.193. The molecule has 1 aliphatic heterocycles. The minimum Gasteiger partial charge on any atom is -0.480 e. The van der Waals surface area contributed by atoms with E-state index in [1.165, 1.54) is 0 Å². The molecule has 6 nitrogen and oxygen atoms in total. The van der Waals surface area contributed by atoms with Gasteiger partial charge in [-0.3, -0.25) is 9.69 Å². The number of carbonyl (C=O) groups is 1. The monoisotopic (exact) mass is 256 g/mol. The van der Waals surface area contributed by atoms with E-state index in [0.29, 0.717) is 26.1 Å². The van der Waals surface area contributed by atoms with Crippen LogP contribution in [0.3, 0.4) is 0 Å². The molecule has 0 radical (unpaired) electrons. The molecule has 1 aromatic rings. The van der Waals surface area contributed by atoms with Crippen molar-refractivity contribution in [2.75, 3.05) is 13.1 Å². The summed E-state index contributed by atoms with van der Waals surface area (Å²) in [5.74, 6) is -0.958. The summed E-state index contributed by atoms with van der Waals surface area (Å²) in [6.07, 6.45) is 2.02. The molecular weight excluding hydrogens is 244 g/mol. The highest BCUT2D eigenvalue weighted by molar-refractivity contribution is 6.28. The van der Waals surface area contributed by atoms with Crippen molar-refractivity contribution < 1.29 is 9.90 Å². The summed E-state index contributed by atoms with van der Waals surface area (Å²) >= 11 is 5.68. The van der Waals surface area contributed by atoms with Gasteiger partial charge in [0.25, 0.3) is 0 Å². The summed E-state index contributed by atoms with van der Waals surface area (Å²) in [6, 6.07) is 1.75. The SMILES string of the molecule is NC1(C(=O)O)CCN(Cc2ccnc(Cl)n2)C1. The molecule has 0 aliphatic carbocycles. The standard InChI is InChI=1S/C10H13ClN4O2/c11-9-13-3-1-7(14-9)5-15-4-2-10(12,6-15)8(16)17/h1,3H,2,4-6,12H2,(H,16,17). The van der Waals surface area contributed by atoms with E-state index in [9.17, 15) is 4.79 Å². The molecule has 1 aromatic heterocycles. The Kier molecular flexibility index (Phi) is 3.28. The first-order chi connectivity index (χ1) is 7.99. The lowest BCUT2D eigenvalue weighted by molar-refractivity contribution is -0.142. The zero-order valence-electron chi connectivity index (χ0n) is 9.14. The Labute approximate surface area is 103 Å². The number of aliphatic carboxylic acids is 1. The average molecular weight is 257 g/mol. The molecule has 7 heteroatoms. The lowest BCUT2D eigenvalue weighted by Crippen LogP contribution is -2.50. The predicted octanol–water partition coefficient (Wildman–Crippen LogP) is 0.118. The number of hydrogen-bond acceptors (Lipinski definition) is 5. The maximum Gasteiger partial charge on any atom is 0.325 e. The fourth-order valence-electron chi connectivity index (χ4n) is 1.91. The van der Waals surface area contributed by atoms with Gasteiger partial charge in [0.05, 0.1) is 5.69 Å². The normalized spacial score (nSPS) is 25.1. The molecule has 1 atom stereocenters. The number of aromatic nitrogens is 2. The van der Waals surface area contributed by atoms with E-state index in [1.807, 2.05) is 4.90 Å². The molecule has 1 aliphatic rings. The van der Waals surface area contributed by atoms with Crippen LogP contribution in [0.5, 0.6) is 0 Å². The number of nitrogens with zero attached hydrogens (tertiary/aromatic N) is 3. The van der Waals surface area contributed by atoms with Crippen LogP contribution in [0.25, 0.3) is 0 Å². The number of carboxylic acids is 1. The molecule has 1 unspecified atom stereocenters. The van der Waals surface area contributed by atoms with Gasteiger partial charge in [0.1, 0.15) is 5.54 Å². The summed E-state index contributed by atoms with van der Waals surface area (Å²) < 4.78 is 0. The summed E-state index contributed by atoms with van der Waals surface area (Å²) in [4.78, 5) is 20.8. The van der Waals surface area contributed by atoms with Crippen LogP contribution < -0.4 is 5.73 Å². The van der Waals surface area contributed by atoms with Gasteiger partial charge in [-0.2, -0.15) is 0 Å². The number of nitrogens with two attached hydrogens (primary N) is 1. The molecule has 2 heterocycles. The highest BCUT2D eigenvalue weighted by Gasteiger charge is 2.41. The van der Waals surface area contributed by atoms with Crippen molar-refractivity contribution in [1.29, 1.82) is 0 Å². The van der Waals surface area contributed by atoms with Crippen LogP contribution in [0, 0.1) is 0 Å². The van der Waals surface area contributed by atoms with E-state index < -0.39 is 11.5 Å². The fraction of sp³-hybridized carbons (Fsp3) is 0.500. The Morgan fingerprint density at radius 3 is 3.06 bits per heavy atom. The van der Waals surface area contributed by atoms with Gasteiger partial charge in [-0.25, -0.2) is 9.97 Å². The Morgan fingerprint density at radius 2 is 2.47 bits per heavy atom. The van der Waals surface area contributed by atoms with Crippen molar-refractivity contribution in [3.63, 3.8) is 0 Å². The molecule has 0 aromatic carbocycles. The van der Waals surface area contributed by atoms with E-state index in [1.54, 1.807) is 12.3 Å². The van der Waals surface area contributed by atoms with Crippen LogP contribution in [-0.4, -0.2) is 44.6 Å². The first kappa shape index (κ1) is 12.2. The van der Waals surface area contributed by atoms with Crippen LogP contribution in [0.2, 0.25) is 5.28 Å². The summed E-state index contributed by atoms with van der Waals surface area (Å²) in [5, 5.41) is 9.20. The second-order valence-corrected chi connectivity index (χ2v) is 4.58. The molecule has 0 spiro atoms. The van der Waals surface area contributed by atoms with E-state index in [2.05, 4.69) is 9.97 Å². The summed E-state index contributed by atoms with van der Waals surface area (Å²) in [7, 11) is 0. The Morgan fingerprint density at radius 1 is 1.71 bits per heavy atom. The third-order valence-corrected chi connectivity index (χ3v) is 3.06. The average Bonchev–Trinajstić information content (AvgIpc) is 2.61.